The number of urea groups is 1. The summed E-state index contributed by atoms with van der Waals surface area (Å²) in [5.41, 5.74) is 5.07. The zero-order valence-electron chi connectivity index (χ0n) is 12.3. The molecule has 0 saturated carbocycles. The lowest BCUT2D eigenvalue weighted by Gasteiger charge is -2.12. The Balaban J connectivity index is 3.22. The highest BCUT2D eigenvalue weighted by molar-refractivity contribution is 9.10. The molecule has 0 aliphatic carbocycles. The third kappa shape index (κ3) is 5.16. The van der Waals surface area contributed by atoms with Crippen LogP contribution in [0.3, 0.4) is 0 Å². The van der Waals surface area contributed by atoms with Gasteiger partial charge in [-0.25, -0.2) is 4.79 Å². The van der Waals surface area contributed by atoms with Crippen LogP contribution < -0.4 is 20.5 Å². The molecule has 3 N–H and O–H groups in total. The van der Waals surface area contributed by atoms with Gasteiger partial charge in [0.15, 0.2) is 11.5 Å². The molecule has 0 aromatic heterocycles. The van der Waals surface area contributed by atoms with E-state index < -0.39 is 11.9 Å². The maximum absolute atomic E-state index is 11.7. The summed E-state index contributed by atoms with van der Waals surface area (Å²) in [5, 5.41) is 10.9. The van der Waals surface area contributed by atoms with E-state index in [-0.39, 0.29) is 12.2 Å². The van der Waals surface area contributed by atoms with E-state index in [0.29, 0.717) is 21.5 Å². The zero-order valence-corrected chi connectivity index (χ0v) is 13.8. The molecule has 0 unspecified atom stereocenters. The molecular formula is C15H14BrN3O4. The Bertz CT molecular complexity index is 707. The summed E-state index contributed by atoms with van der Waals surface area (Å²) in [6, 6.07) is 3.88. The molecule has 1 aromatic carbocycles. The molecule has 0 aliphatic rings. The number of hydrogen-bond donors (Lipinski definition) is 2. The summed E-state index contributed by atoms with van der Waals surface area (Å²) >= 11 is 3.33. The summed E-state index contributed by atoms with van der Waals surface area (Å²) in [6.45, 7) is 3.85. The number of nitrogens with two attached hydrogens (primary N) is 1. The predicted octanol–water partition coefficient (Wildman–Crippen LogP) is 2.12. The minimum atomic E-state index is -1.04. The number of nitrogens with one attached hydrogen (secondary N) is 1. The standard InChI is InChI=1S/C15H14BrN3O4/c1-3-4-23-13-11(16)6-9(7-12(13)22-2)5-10(8-17)14(20)19-15(18)21/h3,5-7H,1,4H2,2H3,(H3,18,19,20,21)/b10-5-. The number of amides is 3. The summed E-state index contributed by atoms with van der Waals surface area (Å²) in [7, 11) is 1.46. The third-order valence-corrected chi connectivity index (χ3v) is 3.10. The minimum absolute atomic E-state index is 0.280. The first kappa shape index (κ1) is 18.3. The van der Waals surface area contributed by atoms with E-state index in [9.17, 15) is 9.59 Å². The first-order valence-electron chi connectivity index (χ1n) is 6.26. The average Bonchev–Trinajstić information content (AvgIpc) is 2.50. The topological polar surface area (TPSA) is 114 Å². The SMILES string of the molecule is C=CCOc1c(Br)cc(/C=C(/C#N)C(=O)NC(N)=O)cc1OC. The molecule has 8 heteroatoms. The van der Waals surface area contributed by atoms with Crippen molar-refractivity contribution in [2.24, 2.45) is 5.73 Å². The summed E-state index contributed by atoms with van der Waals surface area (Å²) in [4.78, 5) is 22.3. The molecule has 23 heavy (non-hydrogen) atoms. The quantitative estimate of drug-likeness (QED) is 0.446. The number of methoxy groups -OCH3 is 1. The number of ether oxygens (including phenoxy) is 2. The largest absolute Gasteiger partial charge is 0.493 e. The van der Waals surface area contributed by atoms with Crippen LogP contribution in [0.15, 0.2) is 34.8 Å². The van der Waals surface area contributed by atoms with Crippen molar-refractivity contribution >= 4 is 33.9 Å². The fourth-order valence-electron chi connectivity index (χ4n) is 1.60. The lowest BCUT2D eigenvalue weighted by atomic mass is 10.1. The van der Waals surface area contributed by atoms with Crippen molar-refractivity contribution in [1.29, 1.82) is 5.26 Å². The Morgan fingerprint density at radius 2 is 2.22 bits per heavy atom. The third-order valence-electron chi connectivity index (χ3n) is 2.51. The van der Waals surface area contributed by atoms with Gasteiger partial charge < -0.3 is 15.2 Å². The van der Waals surface area contributed by atoms with Crippen LogP contribution in [-0.4, -0.2) is 25.7 Å². The highest BCUT2D eigenvalue weighted by Gasteiger charge is 2.14. The smallest absolute Gasteiger partial charge is 0.319 e. The van der Waals surface area contributed by atoms with Gasteiger partial charge in [-0.3, -0.25) is 10.1 Å². The summed E-state index contributed by atoms with van der Waals surface area (Å²) in [5.74, 6) is -0.0215. The van der Waals surface area contributed by atoms with E-state index in [2.05, 4.69) is 22.5 Å². The molecule has 1 aromatic rings. The molecule has 0 saturated heterocycles. The van der Waals surface area contributed by atoms with Crippen molar-refractivity contribution in [2.75, 3.05) is 13.7 Å². The molecular weight excluding hydrogens is 366 g/mol. The van der Waals surface area contributed by atoms with E-state index in [1.807, 2.05) is 5.32 Å². The first-order chi connectivity index (χ1) is 10.9. The van der Waals surface area contributed by atoms with Gasteiger partial charge in [0.1, 0.15) is 18.2 Å². The van der Waals surface area contributed by atoms with Crippen LogP contribution in [0.5, 0.6) is 11.5 Å². The van der Waals surface area contributed by atoms with Crippen LogP contribution >= 0.6 is 15.9 Å². The Kier molecular flexibility index (Phi) is 6.83. The van der Waals surface area contributed by atoms with Gasteiger partial charge in [-0.15, -0.1) is 0 Å². The van der Waals surface area contributed by atoms with Gasteiger partial charge in [0.25, 0.3) is 5.91 Å². The number of benzene rings is 1. The summed E-state index contributed by atoms with van der Waals surface area (Å²) < 4.78 is 11.3. The average molecular weight is 380 g/mol. The van der Waals surface area contributed by atoms with Gasteiger partial charge in [0.2, 0.25) is 0 Å². The lowest BCUT2D eigenvalue weighted by Crippen LogP contribution is -2.35. The zero-order chi connectivity index (χ0) is 17.4. The highest BCUT2D eigenvalue weighted by Crippen LogP contribution is 2.37. The molecule has 1 rings (SSSR count). The highest BCUT2D eigenvalue weighted by atomic mass is 79.9. The van der Waals surface area contributed by atoms with E-state index in [1.54, 1.807) is 24.3 Å². The Morgan fingerprint density at radius 3 is 2.74 bits per heavy atom. The molecule has 0 bridgehead atoms. The Morgan fingerprint density at radius 1 is 1.52 bits per heavy atom. The summed E-state index contributed by atoms with van der Waals surface area (Å²) in [6.07, 6.45) is 2.88. The van der Waals surface area contributed by atoms with E-state index in [4.69, 9.17) is 20.5 Å². The second-order valence-electron chi connectivity index (χ2n) is 4.12. The second-order valence-corrected chi connectivity index (χ2v) is 4.98. The van der Waals surface area contributed by atoms with Crippen LogP contribution in [-0.2, 0) is 4.79 Å². The number of rotatable bonds is 6. The van der Waals surface area contributed by atoms with Crippen molar-refractivity contribution < 1.29 is 19.1 Å². The normalized spacial score (nSPS) is 10.4. The monoisotopic (exact) mass is 379 g/mol. The number of primary amides is 1. The van der Waals surface area contributed by atoms with Gasteiger partial charge in [-0.1, -0.05) is 12.7 Å². The van der Waals surface area contributed by atoms with E-state index in [0.717, 1.165) is 0 Å². The number of imide groups is 1. The van der Waals surface area contributed by atoms with Crippen molar-refractivity contribution in [1.82, 2.24) is 5.32 Å². The van der Waals surface area contributed by atoms with E-state index in [1.165, 1.54) is 13.2 Å². The van der Waals surface area contributed by atoms with Crippen molar-refractivity contribution in [2.45, 2.75) is 0 Å². The van der Waals surface area contributed by atoms with Crippen LogP contribution in [0, 0.1) is 11.3 Å². The molecule has 0 aliphatic heterocycles. The van der Waals surface area contributed by atoms with Gasteiger partial charge >= 0.3 is 6.03 Å². The maximum Gasteiger partial charge on any atom is 0.319 e. The number of nitriles is 1. The maximum atomic E-state index is 11.7. The molecule has 0 atom stereocenters. The Hall–Kier alpha value is -2.79. The molecule has 7 nitrogen and oxygen atoms in total. The number of halogens is 1. The molecule has 0 fully saturated rings. The van der Waals surface area contributed by atoms with Crippen LogP contribution in [0.2, 0.25) is 0 Å². The molecule has 120 valence electrons. The Labute approximate surface area is 141 Å². The van der Waals surface area contributed by atoms with E-state index >= 15 is 0 Å². The molecule has 0 radical (unpaired) electrons. The predicted molar refractivity (Wildman–Crippen MR) is 87.7 cm³/mol. The van der Waals surface area contributed by atoms with Crippen molar-refractivity contribution in [3.05, 3.63) is 40.4 Å². The molecule has 3 amide bonds. The molecule has 0 heterocycles. The number of carbonyl (C=O) groups is 2. The number of carbonyl (C=O) groups excluding carboxylic acids is 2. The van der Waals surface area contributed by atoms with Crippen molar-refractivity contribution in [3.63, 3.8) is 0 Å². The van der Waals surface area contributed by atoms with Gasteiger partial charge in [0.05, 0.1) is 11.6 Å². The molecule has 0 spiro atoms. The van der Waals surface area contributed by atoms with Crippen molar-refractivity contribution in [3.8, 4) is 17.6 Å². The van der Waals surface area contributed by atoms with Crippen LogP contribution in [0.4, 0.5) is 4.79 Å². The van der Waals surface area contributed by atoms with Gasteiger partial charge in [0, 0.05) is 0 Å². The first-order valence-corrected chi connectivity index (χ1v) is 7.06. The fraction of sp³-hybridized carbons (Fsp3) is 0.133. The number of hydrogen-bond acceptors (Lipinski definition) is 5. The van der Waals surface area contributed by atoms with Crippen LogP contribution in [0.25, 0.3) is 6.08 Å². The lowest BCUT2D eigenvalue weighted by molar-refractivity contribution is -0.115. The van der Waals surface area contributed by atoms with Gasteiger partial charge in [-0.05, 0) is 39.7 Å². The van der Waals surface area contributed by atoms with Gasteiger partial charge in [-0.2, -0.15) is 5.26 Å². The number of nitrogens with zero attached hydrogens (tertiary/aromatic N) is 1. The fourth-order valence-corrected chi connectivity index (χ4v) is 2.17. The minimum Gasteiger partial charge on any atom is -0.493 e. The van der Waals surface area contributed by atoms with Crippen LogP contribution in [0.1, 0.15) is 5.56 Å². The second kappa shape index (κ2) is 8.60.